The lowest BCUT2D eigenvalue weighted by Crippen LogP contribution is -2.33. The topological polar surface area (TPSA) is 284 Å². The van der Waals surface area contributed by atoms with E-state index >= 15 is 0 Å². The lowest BCUT2D eigenvalue weighted by molar-refractivity contribution is -0.148. The number of primary amides is 2. The maximum atomic E-state index is 13.9. The van der Waals surface area contributed by atoms with Gasteiger partial charge in [-0.25, -0.2) is 9.97 Å². The molecule has 1 aliphatic rings. The first kappa shape index (κ1) is 43.0. The average Bonchev–Trinajstić information content (AvgIpc) is 3.92. The summed E-state index contributed by atoms with van der Waals surface area (Å²) in [4.78, 5) is 65.8. The van der Waals surface area contributed by atoms with Crippen LogP contribution in [0.4, 0.5) is 11.9 Å². The molecule has 20 heteroatoms. The van der Waals surface area contributed by atoms with Crippen LogP contribution in [0.5, 0.6) is 5.75 Å². The SMILES string of the molecule is CCN=C(C=C(C)N)C(=O)Nc1nc2cc(C(N)=O)ccc2n1C[C@H]1OC(C)(C)O[C@@H]1Cn1c(NC(=O)c2cc(C)nn2CC)nc2cc(C(N)=O)cc(OCCCO)c21. The lowest BCUT2D eigenvalue weighted by Gasteiger charge is -2.21. The number of aryl methyl sites for hydroxylation is 2. The summed E-state index contributed by atoms with van der Waals surface area (Å²) in [5.41, 5.74) is 20.6. The number of nitrogens with zero attached hydrogens (tertiary/aromatic N) is 7. The molecule has 6 rings (SSSR count). The number of anilines is 2. The van der Waals surface area contributed by atoms with E-state index in [0.717, 1.165) is 0 Å². The van der Waals surface area contributed by atoms with Gasteiger partial charge in [-0.3, -0.25) is 39.5 Å². The summed E-state index contributed by atoms with van der Waals surface area (Å²) in [6.45, 7) is 11.4. The smallest absolute Gasteiger partial charge is 0.276 e. The lowest BCUT2D eigenvalue weighted by atomic mass is 10.1. The fourth-order valence-corrected chi connectivity index (χ4v) is 7.01. The Morgan fingerprint density at radius 1 is 0.933 bits per heavy atom. The Hall–Kier alpha value is -6.64. The quantitative estimate of drug-likeness (QED) is 0.0583. The van der Waals surface area contributed by atoms with Crippen LogP contribution in [-0.2, 0) is 33.9 Å². The van der Waals surface area contributed by atoms with E-state index in [-0.39, 0.29) is 66.3 Å². The zero-order valence-electron chi connectivity index (χ0n) is 34.3. The number of aliphatic imine (C=N–C) groups is 1. The first-order chi connectivity index (χ1) is 28.5. The molecule has 318 valence electrons. The second kappa shape index (κ2) is 17.7. The van der Waals surface area contributed by atoms with Gasteiger partial charge in [-0.2, -0.15) is 5.10 Å². The van der Waals surface area contributed by atoms with Gasteiger partial charge in [-0.15, -0.1) is 0 Å². The Kier molecular flexibility index (Phi) is 12.7. The molecule has 0 radical (unpaired) electrons. The highest BCUT2D eigenvalue weighted by Gasteiger charge is 2.43. The van der Waals surface area contributed by atoms with Gasteiger partial charge in [0.15, 0.2) is 5.79 Å². The minimum atomic E-state index is -1.12. The number of fused-ring (bicyclic) bond motifs is 2. The third-order valence-corrected chi connectivity index (χ3v) is 9.50. The number of aromatic nitrogens is 6. The standard InChI is InChI=1S/C40H50N12O8/c1-7-44-27(14-21(3)41)36(56)47-38-45-25-16-23(34(42)54)10-11-28(25)50(38)19-31-32(60-40(5,6)59-31)20-51-33-26(17-24(35(43)55)18-30(33)58-13-9-12-53)46-39(51)48-37(57)29-15-22(4)49-52(29)8-2/h10-11,14-18,31-32,53H,7-9,12-13,19-20,41H2,1-6H3,(H2,42,54)(H2,43,55)(H,45,47,56)(H,46,48,57)/t31-,32-/m1/s1. The van der Waals surface area contributed by atoms with Gasteiger partial charge in [0, 0.05) is 42.9 Å². The maximum absolute atomic E-state index is 13.9. The predicted molar refractivity (Wildman–Crippen MR) is 223 cm³/mol. The van der Waals surface area contributed by atoms with Gasteiger partial charge in [0.2, 0.25) is 23.7 Å². The molecule has 0 unspecified atom stereocenters. The molecule has 2 aromatic carbocycles. The van der Waals surface area contributed by atoms with Crippen LogP contribution in [0.3, 0.4) is 0 Å². The van der Waals surface area contributed by atoms with Crippen molar-refractivity contribution in [3.8, 4) is 5.75 Å². The Balaban J connectivity index is 1.45. The molecule has 1 aliphatic heterocycles. The van der Waals surface area contributed by atoms with E-state index in [1.807, 2.05) is 6.92 Å². The van der Waals surface area contributed by atoms with Gasteiger partial charge in [-0.1, -0.05) is 0 Å². The molecule has 0 aliphatic carbocycles. The maximum Gasteiger partial charge on any atom is 0.276 e. The third kappa shape index (κ3) is 9.30. The van der Waals surface area contributed by atoms with Gasteiger partial charge in [0.25, 0.3) is 11.8 Å². The summed E-state index contributed by atoms with van der Waals surface area (Å²) in [5.74, 6) is -3.10. The zero-order chi connectivity index (χ0) is 43.5. The van der Waals surface area contributed by atoms with Crippen LogP contribution in [0, 0.1) is 6.92 Å². The molecule has 5 aromatic rings. The van der Waals surface area contributed by atoms with Crippen molar-refractivity contribution in [3.63, 3.8) is 0 Å². The van der Waals surface area contributed by atoms with Crippen molar-refractivity contribution in [2.24, 2.45) is 22.2 Å². The van der Waals surface area contributed by atoms with E-state index in [0.29, 0.717) is 53.1 Å². The monoisotopic (exact) mass is 826 g/mol. The summed E-state index contributed by atoms with van der Waals surface area (Å²) in [7, 11) is 0. The summed E-state index contributed by atoms with van der Waals surface area (Å²) in [6, 6.07) is 9.41. The molecule has 0 spiro atoms. The number of carbonyl (C=O) groups is 4. The predicted octanol–water partition coefficient (Wildman–Crippen LogP) is 2.60. The Morgan fingerprint density at radius 2 is 1.58 bits per heavy atom. The van der Waals surface area contributed by atoms with Gasteiger partial charge in [0.1, 0.15) is 34.9 Å². The van der Waals surface area contributed by atoms with Crippen molar-refractivity contribution < 1.29 is 38.5 Å². The molecule has 3 aromatic heterocycles. The molecule has 9 N–H and O–H groups in total. The molecule has 2 atom stereocenters. The number of aliphatic hydroxyl groups is 1. The van der Waals surface area contributed by atoms with Gasteiger partial charge < -0.3 is 45.7 Å². The fraction of sp³-hybridized carbons (Fsp3) is 0.400. The van der Waals surface area contributed by atoms with Crippen molar-refractivity contribution in [3.05, 3.63) is 70.7 Å². The molecule has 4 amide bonds. The Morgan fingerprint density at radius 3 is 2.22 bits per heavy atom. The summed E-state index contributed by atoms with van der Waals surface area (Å²) >= 11 is 0. The number of allylic oxidation sites excluding steroid dienone is 1. The molecule has 0 bridgehead atoms. The van der Waals surface area contributed by atoms with E-state index in [4.69, 9.17) is 36.4 Å². The third-order valence-electron chi connectivity index (χ3n) is 9.50. The number of imidazole rings is 2. The van der Waals surface area contributed by atoms with Crippen molar-refractivity contribution in [1.29, 1.82) is 0 Å². The number of amides is 4. The van der Waals surface area contributed by atoms with Crippen molar-refractivity contribution in [1.82, 2.24) is 28.9 Å². The Labute approximate surface area is 344 Å². The van der Waals surface area contributed by atoms with E-state index < -0.39 is 41.6 Å². The summed E-state index contributed by atoms with van der Waals surface area (Å²) in [5, 5.41) is 19.7. The van der Waals surface area contributed by atoms with E-state index in [9.17, 15) is 24.3 Å². The first-order valence-corrected chi connectivity index (χ1v) is 19.4. The van der Waals surface area contributed by atoms with Crippen molar-refractivity contribution >= 4 is 63.3 Å². The van der Waals surface area contributed by atoms with Crippen LogP contribution in [0.25, 0.3) is 22.1 Å². The van der Waals surface area contributed by atoms with Crippen molar-refractivity contribution in [2.45, 2.75) is 85.6 Å². The van der Waals surface area contributed by atoms with Gasteiger partial charge >= 0.3 is 0 Å². The number of rotatable bonds is 17. The largest absolute Gasteiger partial charge is 0.491 e. The number of nitrogens with two attached hydrogens (primary N) is 3. The number of hydrogen-bond donors (Lipinski definition) is 6. The molecule has 0 saturated carbocycles. The first-order valence-electron chi connectivity index (χ1n) is 19.4. The average molecular weight is 827 g/mol. The zero-order valence-corrected chi connectivity index (χ0v) is 34.3. The number of benzene rings is 2. The van der Waals surface area contributed by atoms with Crippen LogP contribution in [0.15, 0.2) is 53.2 Å². The second-order valence-electron chi connectivity index (χ2n) is 14.6. The number of carbonyl (C=O) groups excluding carboxylic acids is 4. The minimum Gasteiger partial charge on any atom is -0.491 e. The summed E-state index contributed by atoms with van der Waals surface area (Å²) in [6.07, 6.45) is 0.250. The highest BCUT2D eigenvalue weighted by Crippen LogP contribution is 2.36. The van der Waals surface area contributed by atoms with Gasteiger partial charge in [0.05, 0.1) is 41.9 Å². The fourth-order valence-electron chi connectivity index (χ4n) is 7.01. The van der Waals surface area contributed by atoms with E-state index in [1.165, 1.54) is 24.3 Å². The number of nitrogens with one attached hydrogen (secondary N) is 2. The minimum absolute atomic E-state index is 0.0204. The summed E-state index contributed by atoms with van der Waals surface area (Å²) < 4.78 is 24.2. The molecular formula is C40H50N12O8. The van der Waals surface area contributed by atoms with E-state index in [2.05, 4.69) is 25.7 Å². The van der Waals surface area contributed by atoms with Crippen molar-refractivity contribution in [2.75, 3.05) is 30.4 Å². The highest BCUT2D eigenvalue weighted by molar-refractivity contribution is 6.47. The van der Waals surface area contributed by atoms with E-state index in [1.54, 1.807) is 66.6 Å². The Bertz CT molecular complexity index is 2530. The number of aliphatic hydroxyl groups excluding tert-OH is 1. The van der Waals surface area contributed by atoms with Crippen LogP contribution < -0.4 is 32.6 Å². The van der Waals surface area contributed by atoms with Crippen LogP contribution in [0.1, 0.15) is 77.9 Å². The molecular weight excluding hydrogens is 777 g/mol. The normalized spacial score (nSPS) is 16.7. The number of hydrogen-bond acceptors (Lipinski definition) is 13. The van der Waals surface area contributed by atoms with Gasteiger partial charge in [-0.05, 0) is 84.0 Å². The van der Waals surface area contributed by atoms with Crippen LogP contribution in [-0.4, -0.2) is 101 Å². The molecule has 60 heavy (non-hydrogen) atoms. The second-order valence-corrected chi connectivity index (χ2v) is 14.6. The number of ether oxygens (including phenoxy) is 3. The molecule has 1 saturated heterocycles. The highest BCUT2D eigenvalue weighted by atomic mass is 16.8. The molecule has 20 nitrogen and oxygen atoms in total. The molecule has 4 heterocycles. The molecule has 1 fully saturated rings. The van der Waals surface area contributed by atoms with Crippen LogP contribution in [0.2, 0.25) is 0 Å². The van der Waals surface area contributed by atoms with Crippen LogP contribution >= 0.6 is 0 Å².